The van der Waals surface area contributed by atoms with Crippen molar-refractivity contribution in [2.75, 3.05) is 30.9 Å². The molecule has 0 saturated carbocycles. The third kappa shape index (κ3) is 5.36. The molecule has 0 unspecified atom stereocenters. The number of carbonyl (C=O) groups is 3. The molecule has 0 aliphatic carbocycles. The van der Waals surface area contributed by atoms with Crippen LogP contribution in [0.4, 0.5) is 5.13 Å². The number of β-lactam (4-membered cyclic amide) rings is 1. The summed E-state index contributed by atoms with van der Waals surface area (Å²) in [4.78, 5) is 48.5. The average Bonchev–Trinajstić information content (AvgIpc) is 3.55. The van der Waals surface area contributed by atoms with Crippen LogP contribution in [0.3, 0.4) is 0 Å². The van der Waals surface area contributed by atoms with Crippen molar-refractivity contribution in [3.05, 3.63) is 46.9 Å². The number of hydrogen-bond acceptors (Lipinski definition) is 12. The van der Waals surface area contributed by atoms with Crippen LogP contribution in [0.1, 0.15) is 12.1 Å². The molecule has 1 fully saturated rings. The first-order chi connectivity index (χ1) is 19.3. The zero-order valence-electron chi connectivity index (χ0n) is 21.2. The quantitative estimate of drug-likeness (QED) is 0.0570. The van der Waals surface area contributed by atoms with Gasteiger partial charge in [0.2, 0.25) is 0 Å². The van der Waals surface area contributed by atoms with Crippen LogP contribution in [-0.4, -0.2) is 84.7 Å². The first kappa shape index (κ1) is 27.9. The van der Waals surface area contributed by atoms with Crippen molar-refractivity contribution in [2.24, 2.45) is 10.9 Å². The van der Waals surface area contributed by atoms with Gasteiger partial charge in [-0.3, -0.25) is 14.5 Å². The number of nitrogen functional groups attached to an aromatic ring is 1. The van der Waals surface area contributed by atoms with E-state index in [0.29, 0.717) is 17.9 Å². The van der Waals surface area contributed by atoms with E-state index in [9.17, 15) is 19.5 Å². The smallest absolute Gasteiger partial charge is 0.352 e. The van der Waals surface area contributed by atoms with Crippen molar-refractivity contribution in [2.45, 2.75) is 29.4 Å². The molecular weight excluding hydrogens is 579 g/mol. The monoisotopic (exact) mass is 604 g/mol. The summed E-state index contributed by atoms with van der Waals surface area (Å²) in [6, 6.07) is 2.90. The third-order valence-corrected chi connectivity index (χ3v) is 9.18. The molecule has 2 aliphatic rings. The molecule has 6 N–H and O–H groups in total. The van der Waals surface area contributed by atoms with E-state index in [-0.39, 0.29) is 28.8 Å². The van der Waals surface area contributed by atoms with Gasteiger partial charge in [-0.05, 0) is 19.0 Å². The van der Waals surface area contributed by atoms with Crippen LogP contribution in [0, 0.1) is 0 Å². The van der Waals surface area contributed by atoms with Crippen LogP contribution in [0.2, 0.25) is 0 Å². The number of thioether (sulfide) groups is 2. The lowest BCUT2D eigenvalue weighted by molar-refractivity contribution is -0.662. The number of thiazole rings is 1. The predicted molar refractivity (Wildman–Crippen MR) is 150 cm³/mol. The summed E-state index contributed by atoms with van der Waals surface area (Å²) in [6.45, 7) is 0.881. The number of nitrogens with zero attached hydrogens (tertiary/aromatic N) is 6. The molecule has 1 saturated heterocycles. The second-order valence-electron chi connectivity index (χ2n) is 8.70. The highest BCUT2D eigenvalue weighted by atomic mass is 32.2. The predicted octanol–water partition coefficient (Wildman–Crippen LogP) is -0.109. The van der Waals surface area contributed by atoms with Gasteiger partial charge in [0.25, 0.3) is 11.8 Å². The Morgan fingerprint density at radius 1 is 1.40 bits per heavy atom. The maximum absolute atomic E-state index is 13.1. The SMILES string of the molecule is CO/N=C(\C(=O)N[C@@H]1C(=O)N2C(C(=O)O)=C(C[n+]3ccn4nc(SCCCN)ccc43)CS[C@H]12)c1csc(N)n1. The van der Waals surface area contributed by atoms with Crippen molar-refractivity contribution >= 4 is 69.1 Å². The number of carboxylic acids is 1. The summed E-state index contributed by atoms with van der Waals surface area (Å²) in [5, 5.41) is 23.1. The molecule has 5 heterocycles. The lowest BCUT2D eigenvalue weighted by Crippen LogP contribution is -2.71. The minimum Gasteiger partial charge on any atom is -0.477 e. The minimum atomic E-state index is -1.21. The van der Waals surface area contributed by atoms with Crippen LogP contribution in [0.5, 0.6) is 0 Å². The first-order valence-corrected chi connectivity index (χ1v) is 15.0. The van der Waals surface area contributed by atoms with Gasteiger partial charge in [-0.2, -0.15) is 0 Å². The third-order valence-electron chi connectivity index (χ3n) is 6.16. The molecule has 2 aliphatic heterocycles. The van der Waals surface area contributed by atoms with E-state index in [1.807, 2.05) is 22.9 Å². The zero-order valence-corrected chi connectivity index (χ0v) is 23.7. The Bertz CT molecular complexity index is 1530. The number of aliphatic carboxylic acids is 1. The summed E-state index contributed by atoms with van der Waals surface area (Å²) in [5.41, 5.74) is 12.6. The van der Waals surface area contributed by atoms with Crippen molar-refractivity contribution in [1.82, 2.24) is 24.8 Å². The van der Waals surface area contributed by atoms with Crippen molar-refractivity contribution < 1.29 is 28.9 Å². The molecule has 2 atom stereocenters. The molecule has 14 nitrogen and oxygen atoms in total. The van der Waals surface area contributed by atoms with Gasteiger partial charge in [-0.1, -0.05) is 10.3 Å². The van der Waals surface area contributed by atoms with Crippen molar-refractivity contribution in [3.8, 4) is 0 Å². The Kier molecular flexibility index (Phi) is 8.24. The van der Waals surface area contributed by atoms with E-state index >= 15 is 0 Å². The van der Waals surface area contributed by atoms with Gasteiger partial charge in [0.05, 0.1) is 0 Å². The topological polar surface area (TPSA) is 194 Å². The molecule has 0 radical (unpaired) electrons. The molecule has 3 aromatic rings. The number of hydrogen-bond donors (Lipinski definition) is 4. The first-order valence-electron chi connectivity index (χ1n) is 12.1. The normalized spacial score (nSPS) is 19.0. The van der Waals surface area contributed by atoms with E-state index in [2.05, 4.69) is 20.6 Å². The maximum atomic E-state index is 13.1. The molecule has 210 valence electrons. The van der Waals surface area contributed by atoms with E-state index in [0.717, 1.165) is 34.2 Å². The number of aromatic nitrogens is 4. The molecule has 0 bridgehead atoms. The highest BCUT2D eigenvalue weighted by Gasteiger charge is 2.54. The molecular formula is C23H26N9O5S3+. The van der Waals surface area contributed by atoms with E-state index < -0.39 is 29.2 Å². The fourth-order valence-electron chi connectivity index (χ4n) is 4.35. The number of nitrogens with two attached hydrogens (primary N) is 2. The summed E-state index contributed by atoms with van der Waals surface area (Å²) in [7, 11) is 1.28. The molecule has 2 amide bonds. The highest BCUT2D eigenvalue weighted by molar-refractivity contribution is 8.00. The number of anilines is 1. The number of imidazole rings is 1. The lowest BCUT2D eigenvalue weighted by Gasteiger charge is -2.49. The van der Waals surface area contributed by atoms with Crippen molar-refractivity contribution in [3.63, 3.8) is 0 Å². The molecule has 3 aromatic heterocycles. The lowest BCUT2D eigenvalue weighted by atomic mass is 10.0. The number of fused-ring (bicyclic) bond motifs is 2. The molecule has 5 rings (SSSR count). The van der Waals surface area contributed by atoms with Crippen LogP contribution < -0.4 is 21.4 Å². The second kappa shape index (κ2) is 11.8. The molecule has 40 heavy (non-hydrogen) atoms. The number of oxime groups is 1. The van der Waals surface area contributed by atoms with Gasteiger partial charge in [0.1, 0.15) is 47.7 Å². The van der Waals surface area contributed by atoms with E-state index in [1.54, 1.807) is 27.9 Å². The second-order valence-corrected chi connectivity index (χ2v) is 11.8. The Balaban J connectivity index is 1.33. The largest absolute Gasteiger partial charge is 0.477 e. The van der Waals surface area contributed by atoms with Gasteiger partial charge in [0, 0.05) is 28.5 Å². The van der Waals surface area contributed by atoms with Gasteiger partial charge < -0.3 is 26.7 Å². The van der Waals surface area contributed by atoms with Gasteiger partial charge in [-0.15, -0.1) is 39.4 Å². The molecule has 17 heteroatoms. The molecule has 0 aromatic carbocycles. The van der Waals surface area contributed by atoms with Crippen LogP contribution in [0.25, 0.3) is 5.65 Å². The highest BCUT2D eigenvalue weighted by Crippen LogP contribution is 2.40. The Morgan fingerprint density at radius 3 is 2.92 bits per heavy atom. The fourth-order valence-corrected chi connectivity index (χ4v) is 7.07. The number of amides is 2. The average molecular weight is 605 g/mol. The van der Waals surface area contributed by atoms with Gasteiger partial charge in [-0.25, -0.2) is 14.3 Å². The van der Waals surface area contributed by atoms with Gasteiger partial charge in [0.15, 0.2) is 17.0 Å². The number of nitrogens with one attached hydrogen (secondary N) is 1. The van der Waals surface area contributed by atoms with Crippen LogP contribution in [0.15, 0.2) is 51.4 Å². The van der Waals surface area contributed by atoms with Crippen LogP contribution >= 0.6 is 34.9 Å². The maximum Gasteiger partial charge on any atom is 0.352 e. The zero-order chi connectivity index (χ0) is 28.4. The number of carboxylic acid groups (broad SMARTS) is 1. The summed E-state index contributed by atoms with van der Waals surface area (Å²) < 4.78 is 3.62. The standard InChI is InChI=1S/C23H25N9O5S3/c1-37-29-16(13-11-40-23(25)26-13)19(33)27-17-20(34)32-18(22(35)36)12(10-39-21(17)32)9-30-6-7-31-15(30)4-3-14(28-31)38-8-2-5-24/h3-4,6-7,11,17,21H,2,5,8-10,24H2,1H3,(H3-,25,26,27,33,35,36)/p+1/b29-16-/t17-,21-/m1/s1. The Labute approximate surface area is 240 Å². The van der Waals surface area contributed by atoms with Gasteiger partial charge >= 0.3 is 11.6 Å². The summed E-state index contributed by atoms with van der Waals surface area (Å²) >= 11 is 4.12. The Hall–Kier alpha value is -3.67. The summed E-state index contributed by atoms with van der Waals surface area (Å²) in [6.07, 6.45) is 4.52. The van der Waals surface area contributed by atoms with Crippen molar-refractivity contribution in [1.29, 1.82) is 0 Å². The Morgan fingerprint density at radius 2 is 2.23 bits per heavy atom. The van der Waals surface area contributed by atoms with E-state index in [1.165, 1.54) is 23.8 Å². The number of carbonyl (C=O) groups excluding carboxylic acids is 2. The summed E-state index contributed by atoms with van der Waals surface area (Å²) in [5.74, 6) is -1.19. The number of rotatable bonds is 11. The fraction of sp³-hybridized carbons (Fsp3) is 0.348. The van der Waals surface area contributed by atoms with Crippen LogP contribution in [-0.2, 0) is 25.8 Å². The minimum absolute atomic E-state index is 0.0777. The molecule has 0 spiro atoms. The van der Waals surface area contributed by atoms with E-state index in [4.69, 9.17) is 16.3 Å².